The van der Waals surface area contributed by atoms with Crippen molar-refractivity contribution in [3.05, 3.63) is 24.3 Å². The molecular formula is C15H17F3N2O4. The summed E-state index contributed by atoms with van der Waals surface area (Å²) < 4.78 is 41.3. The minimum Gasteiger partial charge on any atom is -0.482 e. The first-order valence-electron chi connectivity index (χ1n) is 7.29. The molecule has 0 aliphatic heterocycles. The highest BCUT2D eigenvalue weighted by Gasteiger charge is 2.44. The van der Waals surface area contributed by atoms with Crippen molar-refractivity contribution in [3.63, 3.8) is 0 Å². The lowest BCUT2D eigenvalue weighted by atomic mass is 9.69. The monoisotopic (exact) mass is 346 g/mol. The van der Waals surface area contributed by atoms with Crippen molar-refractivity contribution < 1.29 is 32.6 Å². The van der Waals surface area contributed by atoms with Crippen LogP contribution in [0.4, 0.5) is 23.7 Å². The van der Waals surface area contributed by atoms with Crippen LogP contribution in [0.5, 0.6) is 5.75 Å². The zero-order valence-corrected chi connectivity index (χ0v) is 12.7. The van der Waals surface area contributed by atoms with Gasteiger partial charge in [-0.3, -0.25) is 4.79 Å². The number of carboxylic acids is 1. The molecule has 132 valence electrons. The Kier molecular flexibility index (Phi) is 5.20. The summed E-state index contributed by atoms with van der Waals surface area (Å²) in [4.78, 5) is 23.1. The second kappa shape index (κ2) is 6.98. The van der Waals surface area contributed by atoms with E-state index in [4.69, 9.17) is 0 Å². The number of carbonyl (C=O) groups is 2. The van der Waals surface area contributed by atoms with E-state index in [1.165, 1.54) is 24.3 Å². The van der Waals surface area contributed by atoms with Gasteiger partial charge in [-0.15, -0.1) is 0 Å². The van der Waals surface area contributed by atoms with Crippen LogP contribution in [-0.2, 0) is 4.79 Å². The lowest BCUT2D eigenvalue weighted by molar-refractivity contribution is -0.154. The number of para-hydroxylation sites is 2. The number of benzene rings is 1. The van der Waals surface area contributed by atoms with E-state index in [-0.39, 0.29) is 18.0 Å². The minimum atomic E-state index is -4.49. The minimum absolute atomic E-state index is 0.0419. The maximum atomic E-state index is 12.2. The molecule has 0 bridgehead atoms. The maximum absolute atomic E-state index is 12.2. The van der Waals surface area contributed by atoms with Crippen LogP contribution in [0, 0.1) is 5.41 Å². The van der Waals surface area contributed by atoms with E-state index in [2.05, 4.69) is 15.4 Å². The van der Waals surface area contributed by atoms with E-state index >= 15 is 0 Å². The van der Waals surface area contributed by atoms with Gasteiger partial charge in [0.1, 0.15) is 5.75 Å². The van der Waals surface area contributed by atoms with Gasteiger partial charge in [0.25, 0.3) is 0 Å². The molecule has 0 heterocycles. The molecule has 0 radical (unpaired) electrons. The van der Waals surface area contributed by atoms with Crippen molar-refractivity contribution in [2.24, 2.45) is 5.41 Å². The molecule has 3 N–H and O–H groups in total. The Morgan fingerprint density at radius 1 is 1.25 bits per heavy atom. The molecule has 0 aromatic heterocycles. The Balaban J connectivity index is 1.93. The molecule has 24 heavy (non-hydrogen) atoms. The number of rotatable bonds is 6. The molecule has 1 aliphatic rings. The molecule has 2 amide bonds. The largest absolute Gasteiger partial charge is 0.482 e. The molecule has 6 nitrogen and oxygen atoms in total. The summed E-state index contributed by atoms with van der Waals surface area (Å²) in [6, 6.07) is 4.99. The zero-order chi connectivity index (χ0) is 17.8. The summed E-state index contributed by atoms with van der Waals surface area (Å²) in [6.45, 7) is -1.52. The summed E-state index contributed by atoms with van der Waals surface area (Å²) >= 11 is 0. The Morgan fingerprint density at radius 3 is 2.46 bits per heavy atom. The van der Waals surface area contributed by atoms with Crippen LogP contribution in [0.1, 0.15) is 19.3 Å². The number of nitrogens with one attached hydrogen (secondary N) is 2. The molecule has 1 aliphatic carbocycles. The summed E-state index contributed by atoms with van der Waals surface area (Å²) in [7, 11) is 0. The highest BCUT2D eigenvalue weighted by Crippen LogP contribution is 2.40. The van der Waals surface area contributed by atoms with E-state index in [1.54, 1.807) is 0 Å². The summed E-state index contributed by atoms with van der Waals surface area (Å²) in [6.07, 6.45) is -2.75. The molecule has 0 atom stereocenters. The topological polar surface area (TPSA) is 87.7 Å². The molecule has 1 fully saturated rings. The Labute approximate surface area is 136 Å². The van der Waals surface area contributed by atoms with Crippen molar-refractivity contribution in [3.8, 4) is 5.75 Å². The second-order valence-corrected chi connectivity index (χ2v) is 5.65. The highest BCUT2D eigenvalue weighted by atomic mass is 19.4. The van der Waals surface area contributed by atoms with Crippen LogP contribution in [-0.4, -0.2) is 36.4 Å². The Bertz CT molecular complexity index is 615. The van der Waals surface area contributed by atoms with E-state index in [0.29, 0.717) is 12.8 Å². The number of carbonyl (C=O) groups excluding carboxylic acids is 1. The SMILES string of the molecule is O=C(NCC1(C(=O)O)CCC1)Nc1ccccc1OCC(F)(F)F. The predicted octanol–water partition coefficient (Wildman–Crippen LogP) is 3.00. The molecule has 0 spiro atoms. The first-order chi connectivity index (χ1) is 11.2. The van der Waals surface area contributed by atoms with Gasteiger partial charge < -0.3 is 20.5 Å². The molecule has 1 aromatic rings. The van der Waals surface area contributed by atoms with E-state index in [0.717, 1.165) is 6.42 Å². The fourth-order valence-corrected chi connectivity index (χ4v) is 2.34. The number of hydrogen-bond donors (Lipinski definition) is 3. The standard InChI is InChI=1S/C15H17F3N2O4/c16-15(17,18)9-24-11-5-2-1-4-10(11)20-13(23)19-8-14(12(21)22)6-3-7-14/h1-2,4-5H,3,6-9H2,(H,21,22)(H2,19,20,23). The lowest BCUT2D eigenvalue weighted by Gasteiger charge is -2.37. The Hall–Kier alpha value is -2.45. The number of ether oxygens (including phenoxy) is 1. The number of aliphatic carboxylic acids is 1. The van der Waals surface area contributed by atoms with Crippen molar-refractivity contribution in [2.45, 2.75) is 25.4 Å². The number of carboxylic acid groups (broad SMARTS) is 1. The summed E-state index contributed by atoms with van der Waals surface area (Å²) in [5, 5.41) is 14.0. The molecule has 1 saturated carbocycles. The van der Waals surface area contributed by atoms with E-state index in [1.807, 2.05) is 0 Å². The van der Waals surface area contributed by atoms with Crippen LogP contribution < -0.4 is 15.4 Å². The smallest absolute Gasteiger partial charge is 0.422 e. The van der Waals surface area contributed by atoms with Crippen molar-refractivity contribution in [1.82, 2.24) is 5.32 Å². The third-order valence-electron chi connectivity index (χ3n) is 3.88. The summed E-state index contributed by atoms with van der Waals surface area (Å²) in [5.41, 5.74) is -0.888. The number of urea groups is 1. The number of halogens is 3. The predicted molar refractivity (Wildman–Crippen MR) is 78.9 cm³/mol. The van der Waals surface area contributed by atoms with Gasteiger partial charge in [-0.2, -0.15) is 13.2 Å². The third kappa shape index (κ3) is 4.53. The third-order valence-corrected chi connectivity index (χ3v) is 3.88. The fraction of sp³-hybridized carbons (Fsp3) is 0.467. The molecular weight excluding hydrogens is 329 g/mol. The van der Waals surface area contributed by atoms with Crippen molar-refractivity contribution in [1.29, 1.82) is 0 Å². The fourth-order valence-electron chi connectivity index (χ4n) is 2.34. The van der Waals surface area contributed by atoms with Crippen LogP contribution in [0.3, 0.4) is 0 Å². The normalized spacial score (nSPS) is 16.0. The van der Waals surface area contributed by atoms with Gasteiger partial charge in [0, 0.05) is 6.54 Å². The first-order valence-corrected chi connectivity index (χ1v) is 7.29. The average molecular weight is 346 g/mol. The van der Waals surface area contributed by atoms with Gasteiger partial charge in [0.15, 0.2) is 6.61 Å². The first kappa shape index (κ1) is 17.9. The van der Waals surface area contributed by atoms with Gasteiger partial charge in [0.05, 0.1) is 11.1 Å². The molecule has 1 aromatic carbocycles. The number of hydrogen-bond acceptors (Lipinski definition) is 3. The Morgan fingerprint density at radius 2 is 1.92 bits per heavy atom. The van der Waals surface area contributed by atoms with Gasteiger partial charge >= 0.3 is 18.2 Å². The maximum Gasteiger partial charge on any atom is 0.422 e. The van der Waals surface area contributed by atoms with Crippen LogP contribution in [0.25, 0.3) is 0 Å². The number of amides is 2. The van der Waals surface area contributed by atoms with Gasteiger partial charge in [-0.1, -0.05) is 18.6 Å². The van der Waals surface area contributed by atoms with Crippen LogP contribution >= 0.6 is 0 Å². The van der Waals surface area contributed by atoms with Gasteiger partial charge in [-0.25, -0.2) is 4.79 Å². The lowest BCUT2D eigenvalue weighted by Crippen LogP contribution is -2.48. The van der Waals surface area contributed by atoms with Crippen LogP contribution in [0.2, 0.25) is 0 Å². The highest BCUT2D eigenvalue weighted by molar-refractivity contribution is 5.91. The average Bonchev–Trinajstić information content (AvgIpc) is 2.44. The quantitative estimate of drug-likeness (QED) is 0.739. The van der Waals surface area contributed by atoms with E-state index < -0.39 is 30.2 Å². The molecule has 2 rings (SSSR count). The molecule has 0 saturated heterocycles. The van der Waals surface area contributed by atoms with Crippen molar-refractivity contribution >= 4 is 17.7 Å². The van der Waals surface area contributed by atoms with E-state index in [9.17, 15) is 27.9 Å². The second-order valence-electron chi connectivity index (χ2n) is 5.65. The van der Waals surface area contributed by atoms with Crippen molar-refractivity contribution in [2.75, 3.05) is 18.5 Å². The molecule has 9 heteroatoms. The zero-order valence-electron chi connectivity index (χ0n) is 12.7. The van der Waals surface area contributed by atoms with Gasteiger partial charge in [-0.05, 0) is 25.0 Å². The molecule has 0 unspecified atom stereocenters. The number of alkyl halides is 3. The van der Waals surface area contributed by atoms with Crippen LogP contribution in [0.15, 0.2) is 24.3 Å². The van der Waals surface area contributed by atoms with Gasteiger partial charge in [0.2, 0.25) is 0 Å². The number of anilines is 1. The summed E-state index contributed by atoms with van der Waals surface area (Å²) in [5.74, 6) is -1.09.